The number of aliphatic hydroxyl groups is 1. The Morgan fingerprint density at radius 1 is 1.43 bits per heavy atom. The van der Waals surface area contributed by atoms with Crippen LogP contribution in [0.3, 0.4) is 0 Å². The van der Waals surface area contributed by atoms with Gasteiger partial charge in [-0.2, -0.15) is 0 Å². The molecule has 2 atom stereocenters. The van der Waals surface area contributed by atoms with Crippen LogP contribution < -0.4 is 4.74 Å². The number of hydrogen-bond donors (Lipinski definition) is 2. The number of aryl methyl sites for hydroxylation is 1. The minimum Gasteiger partial charge on any atom is -0.508 e. The molecule has 0 saturated heterocycles. The molecule has 1 aromatic rings. The van der Waals surface area contributed by atoms with E-state index in [9.17, 15) is 10.2 Å². The zero-order valence-corrected chi connectivity index (χ0v) is 13.0. The van der Waals surface area contributed by atoms with Gasteiger partial charge in [-0.05, 0) is 57.7 Å². The van der Waals surface area contributed by atoms with Crippen molar-refractivity contribution in [3.8, 4) is 11.5 Å². The standard InChI is InChI=1S/C18H24O3/c1-4-5-15(19)17-9-8-14-10-16(20)13(7-6-12(2)3)11-18(14)21-17/h4-6,10-11,15,17,19-20H,7-9H2,1-3H3/b5-4+/t15-,17-/m1/s1. The van der Waals surface area contributed by atoms with E-state index in [-0.39, 0.29) is 6.10 Å². The Morgan fingerprint density at radius 3 is 2.86 bits per heavy atom. The third kappa shape index (κ3) is 3.88. The van der Waals surface area contributed by atoms with Gasteiger partial charge in [0.1, 0.15) is 23.7 Å². The summed E-state index contributed by atoms with van der Waals surface area (Å²) in [6, 6.07) is 3.69. The van der Waals surface area contributed by atoms with Gasteiger partial charge in [-0.15, -0.1) is 0 Å². The summed E-state index contributed by atoms with van der Waals surface area (Å²) >= 11 is 0. The molecular weight excluding hydrogens is 264 g/mol. The molecule has 1 heterocycles. The molecule has 3 heteroatoms. The monoisotopic (exact) mass is 288 g/mol. The Balaban J connectivity index is 2.22. The lowest BCUT2D eigenvalue weighted by molar-refractivity contribution is 0.0526. The van der Waals surface area contributed by atoms with Gasteiger partial charge in [0.2, 0.25) is 0 Å². The number of allylic oxidation sites excluding steroid dienone is 3. The van der Waals surface area contributed by atoms with Gasteiger partial charge in [-0.3, -0.25) is 0 Å². The Bertz CT molecular complexity index is 554. The molecule has 114 valence electrons. The second-order valence-corrected chi connectivity index (χ2v) is 5.79. The first-order valence-corrected chi connectivity index (χ1v) is 7.47. The lowest BCUT2D eigenvalue weighted by atomic mass is 9.96. The minimum atomic E-state index is -0.585. The van der Waals surface area contributed by atoms with Crippen LogP contribution in [-0.4, -0.2) is 22.4 Å². The number of rotatable bonds is 4. The molecule has 0 spiro atoms. The molecule has 0 saturated carbocycles. The Hall–Kier alpha value is -1.74. The number of aromatic hydroxyl groups is 1. The number of phenolic OH excluding ortho intramolecular Hbond substituents is 1. The van der Waals surface area contributed by atoms with Crippen LogP contribution in [0, 0.1) is 0 Å². The third-order valence-electron chi connectivity index (χ3n) is 3.74. The highest BCUT2D eigenvalue weighted by Crippen LogP contribution is 2.34. The van der Waals surface area contributed by atoms with Crippen molar-refractivity contribution >= 4 is 0 Å². The van der Waals surface area contributed by atoms with E-state index < -0.39 is 6.10 Å². The molecule has 2 N–H and O–H groups in total. The quantitative estimate of drug-likeness (QED) is 0.833. The molecule has 0 aromatic heterocycles. The van der Waals surface area contributed by atoms with Crippen LogP contribution in [0.15, 0.2) is 35.9 Å². The smallest absolute Gasteiger partial charge is 0.128 e. The van der Waals surface area contributed by atoms with Crippen molar-refractivity contribution in [2.75, 3.05) is 0 Å². The number of phenols is 1. The van der Waals surface area contributed by atoms with Crippen LogP contribution in [0.2, 0.25) is 0 Å². The first-order chi connectivity index (χ1) is 10.0. The van der Waals surface area contributed by atoms with E-state index in [1.165, 1.54) is 5.57 Å². The predicted octanol–water partition coefficient (Wildman–Crippen LogP) is 3.53. The molecule has 0 bridgehead atoms. The summed E-state index contributed by atoms with van der Waals surface area (Å²) in [6.07, 6.45) is 7.12. The van der Waals surface area contributed by atoms with Crippen LogP contribution in [0.1, 0.15) is 38.3 Å². The van der Waals surface area contributed by atoms with Gasteiger partial charge < -0.3 is 14.9 Å². The molecule has 1 aliphatic heterocycles. The number of fused-ring (bicyclic) bond motifs is 1. The number of hydrogen-bond acceptors (Lipinski definition) is 3. The van der Waals surface area contributed by atoms with Crippen molar-refractivity contribution in [2.24, 2.45) is 0 Å². The van der Waals surface area contributed by atoms with Gasteiger partial charge in [0.05, 0.1) is 0 Å². The maximum Gasteiger partial charge on any atom is 0.128 e. The van der Waals surface area contributed by atoms with Crippen LogP contribution in [0.25, 0.3) is 0 Å². The first kappa shape index (κ1) is 15.6. The fraction of sp³-hybridized carbons (Fsp3) is 0.444. The first-order valence-electron chi connectivity index (χ1n) is 7.47. The molecule has 0 radical (unpaired) electrons. The summed E-state index contributed by atoms with van der Waals surface area (Å²) in [7, 11) is 0. The highest BCUT2D eigenvalue weighted by molar-refractivity contribution is 5.47. The Kier molecular flexibility index (Phi) is 5.07. The topological polar surface area (TPSA) is 49.7 Å². The summed E-state index contributed by atoms with van der Waals surface area (Å²) < 4.78 is 5.92. The fourth-order valence-corrected chi connectivity index (χ4v) is 2.52. The summed E-state index contributed by atoms with van der Waals surface area (Å²) in [6.45, 7) is 5.96. The number of aliphatic hydroxyl groups excluding tert-OH is 1. The van der Waals surface area contributed by atoms with E-state index in [1.807, 2.05) is 32.9 Å². The van der Waals surface area contributed by atoms with Gasteiger partial charge >= 0.3 is 0 Å². The minimum absolute atomic E-state index is 0.213. The highest BCUT2D eigenvalue weighted by Gasteiger charge is 2.25. The number of ether oxygens (including phenoxy) is 1. The van der Waals surface area contributed by atoms with Gasteiger partial charge in [0.25, 0.3) is 0 Å². The van der Waals surface area contributed by atoms with Gasteiger partial charge in [0, 0.05) is 5.56 Å². The van der Waals surface area contributed by atoms with Crippen molar-refractivity contribution in [2.45, 2.75) is 52.2 Å². The maximum absolute atomic E-state index is 10.1. The average Bonchev–Trinajstić information content (AvgIpc) is 2.44. The molecular formula is C18H24O3. The molecule has 2 rings (SSSR count). The molecule has 0 unspecified atom stereocenters. The summed E-state index contributed by atoms with van der Waals surface area (Å²) in [5.74, 6) is 1.10. The van der Waals surface area contributed by atoms with E-state index >= 15 is 0 Å². The summed E-state index contributed by atoms with van der Waals surface area (Å²) in [4.78, 5) is 0. The second-order valence-electron chi connectivity index (χ2n) is 5.79. The van der Waals surface area contributed by atoms with E-state index in [0.29, 0.717) is 12.2 Å². The van der Waals surface area contributed by atoms with Crippen LogP contribution in [-0.2, 0) is 12.8 Å². The van der Waals surface area contributed by atoms with Crippen molar-refractivity contribution < 1.29 is 14.9 Å². The van der Waals surface area contributed by atoms with Crippen molar-refractivity contribution in [3.05, 3.63) is 47.1 Å². The molecule has 0 aliphatic carbocycles. The Morgan fingerprint density at radius 2 is 2.19 bits per heavy atom. The third-order valence-corrected chi connectivity index (χ3v) is 3.74. The van der Waals surface area contributed by atoms with E-state index in [4.69, 9.17) is 4.74 Å². The highest BCUT2D eigenvalue weighted by atomic mass is 16.5. The second kappa shape index (κ2) is 6.81. The fourth-order valence-electron chi connectivity index (χ4n) is 2.52. The largest absolute Gasteiger partial charge is 0.508 e. The summed E-state index contributed by atoms with van der Waals surface area (Å²) in [5, 5.41) is 20.1. The van der Waals surface area contributed by atoms with Gasteiger partial charge in [-0.25, -0.2) is 0 Å². The van der Waals surface area contributed by atoms with Crippen molar-refractivity contribution in [1.29, 1.82) is 0 Å². The number of benzene rings is 1. The lowest BCUT2D eigenvalue weighted by Crippen LogP contribution is -2.33. The van der Waals surface area contributed by atoms with Crippen molar-refractivity contribution in [1.82, 2.24) is 0 Å². The predicted molar refractivity (Wildman–Crippen MR) is 84.8 cm³/mol. The lowest BCUT2D eigenvalue weighted by Gasteiger charge is -2.29. The van der Waals surface area contributed by atoms with Gasteiger partial charge in [0.15, 0.2) is 0 Å². The van der Waals surface area contributed by atoms with Crippen LogP contribution >= 0.6 is 0 Å². The van der Waals surface area contributed by atoms with Gasteiger partial charge in [-0.1, -0.05) is 23.8 Å². The van der Waals surface area contributed by atoms with E-state index in [2.05, 4.69) is 6.08 Å². The normalized spacial score (nSPS) is 19.0. The van der Waals surface area contributed by atoms with E-state index in [0.717, 1.165) is 29.7 Å². The maximum atomic E-state index is 10.1. The van der Waals surface area contributed by atoms with Crippen LogP contribution in [0.4, 0.5) is 0 Å². The summed E-state index contributed by atoms with van der Waals surface area (Å²) in [5.41, 5.74) is 3.09. The molecule has 0 fully saturated rings. The molecule has 0 amide bonds. The Labute approximate surface area is 126 Å². The average molecular weight is 288 g/mol. The molecule has 3 nitrogen and oxygen atoms in total. The molecule has 1 aromatic carbocycles. The molecule has 1 aliphatic rings. The zero-order valence-electron chi connectivity index (χ0n) is 13.0. The zero-order chi connectivity index (χ0) is 15.4. The van der Waals surface area contributed by atoms with Crippen molar-refractivity contribution in [3.63, 3.8) is 0 Å². The molecule has 21 heavy (non-hydrogen) atoms. The van der Waals surface area contributed by atoms with E-state index in [1.54, 1.807) is 12.1 Å². The SMILES string of the molecule is C/C=C/[C@@H](O)[C@H]1CCc2cc(O)c(CC=C(C)C)cc2O1. The van der Waals surface area contributed by atoms with Crippen LogP contribution in [0.5, 0.6) is 11.5 Å².